The fourth-order valence-electron chi connectivity index (χ4n) is 0.611. The number of carbonyl (C=O) groups excluding carboxylic acids is 1. The summed E-state index contributed by atoms with van der Waals surface area (Å²) >= 11 is 0. The van der Waals surface area contributed by atoms with Crippen LogP contribution in [-0.4, -0.2) is 17.6 Å². The van der Waals surface area contributed by atoms with Gasteiger partial charge in [0.05, 0.1) is 12.2 Å². The molecule has 12 heavy (non-hydrogen) atoms. The van der Waals surface area contributed by atoms with Crippen LogP contribution in [-0.2, 0) is 4.79 Å². The van der Waals surface area contributed by atoms with Gasteiger partial charge in [0.2, 0.25) is 11.8 Å². The topological polar surface area (TPSA) is 81.2 Å². The third-order valence-electron chi connectivity index (χ3n) is 1.08. The number of halogens is 1. The molecule has 68 valence electrons. The molecule has 6 heteroatoms. The number of hydrogen-bond acceptors (Lipinski definition) is 4. The molecule has 1 rings (SSSR count). The van der Waals surface area contributed by atoms with Crippen molar-refractivity contribution in [1.82, 2.24) is 5.16 Å². The SMILES string of the molecule is Cc1cc(NC(=O)CN)on1.Cl. The second kappa shape index (κ2) is 4.74. The maximum atomic E-state index is 10.7. The van der Waals surface area contributed by atoms with Crippen LogP contribution in [0.1, 0.15) is 5.69 Å². The van der Waals surface area contributed by atoms with E-state index < -0.39 is 0 Å². The van der Waals surface area contributed by atoms with Gasteiger partial charge in [0, 0.05) is 6.07 Å². The highest BCUT2D eigenvalue weighted by Crippen LogP contribution is 2.07. The maximum absolute atomic E-state index is 10.7. The summed E-state index contributed by atoms with van der Waals surface area (Å²) in [6, 6.07) is 1.62. The Bertz CT molecular complexity index is 261. The van der Waals surface area contributed by atoms with Gasteiger partial charge in [-0.25, -0.2) is 0 Å². The van der Waals surface area contributed by atoms with Crippen molar-refractivity contribution >= 4 is 24.2 Å². The highest BCUT2D eigenvalue weighted by Gasteiger charge is 2.02. The Morgan fingerprint density at radius 3 is 2.92 bits per heavy atom. The first kappa shape index (κ1) is 10.9. The molecule has 0 spiro atoms. The van der Waals surface area contributed by atoms with Gasteiger partial charge >= 0.3 is 0 Å². The quantitative estimate of drug-likeness (QED) is 0.705. The van der Waals surface area contributed by atoms with E-state index in [4.69, 9.17) is 10.3 Å². The molecule has 0 unspecified atom stereocenters. The average Bonchev–Trinajstić information content (AvgIpc) is 2.35. The van der Waals surface area contributed by atoms with Crippen molar-refractivity contribution in [1.29, 1.82) is 0 Å². The molecular formula is C6H10ClN3O2. The lowest BCUT2D eigenvalue weighted by Crippen LogP contribution is -2.21. The van der Waals surface area contributed by atoms with Gasteiger partial charge in [0.15, 0.2) is 0 Å². The zero-order valence-electron chi connectivity index (χ0n) is 6.53. The number of anilines is 1. The number of nitrogens with one attached hydrogen (secondary N) is 1. The van der Waals surface area contributed by atoms with E-state index in [0.29, 0.717) is 5.88 Å². The lowest BCUT2D eigenvalue weighted by atomic mass is 10.5. The molecule has 1 heterocycles. The summed E-state index contributed by atoms with van der Waals surface area (Å²) in [5.41, 5.74) is 5.77. The molecule has 0 bridgehead atoms. The Kier molecular flexibility index (Phi) is 4.31. The molecule has 1 amide bonds. The van der Waals surface area contributed by atoms with Gasteiger partial charge in [-0.2, -0.15) is 0 Å². The molecule has 1 aromatic rings. The fraction of sp³-hybridized carbons (Fsp3) is 0.333. The van der Waals surface area contributed by atoms with Crippen LogP contribution in [0.2, 0.25) is 0 Å². The molecule has 0 fully saturated rings. The molecule has 0 atom stereocenters. The zero-order chi connectivity index (χ0) is 8.27. The van der Waals surface area contributed by atoms with Crippen LogP contribution in [0.3, 0.4) is 0 Å². The number of nitrogens with zero attached hydrogens (tertiary/aromatic N) is 1. The van der Waals surface area contributed by atoms with Crippen LogP contribution in [0.4, 0.5) is 5.88 Å². The molecule has 0 saturated carbocycles. The average molecular weight is 192 g/mol. The summed E-state index contributed by atoms with van der Waals surface area (Å²) in [7, 11) is 0. The van der Waals surface area contributed by atoms with E-state index in [2.05, 4.69) is 10.5 Å². The summed E-state index contributed by atoms with van der Waals surface area (Å²) in [5.74, 6) is 0.0408. The lowest BCUT2D eigenvalue weighted by molar-refractivity contribution is -0.115. The van der Waals surface area contributed by atoms with Crippen LogP contribution >= 0.6 is 12.4 Å². The predicted molar refractivity (Wildman–Crippen MR) is 46.2 cm³/mol. The standard InChI is InChI=1S/C6H9N3O2.ClH/c1-4-2-6(11-9-4)8-5(10)3-7;/h2H,3,7H2,1H3,(H,8,10);1H. The van der Waals surface area contributed by atoms with E-state index >= 15 is 0 Å². The summed E-state index contributed by atoms with van der Waals surface area (Å²) < 4.78 is 4.70. The number of nitrogens with two attached hydrogens (primary N) is 1. The van der Waals surface area contributed by atoms with Gasteiger partial charge in [0.1, 0.15) is 0 Å². The van der Waals surface area contributed by atoms with Gasteiger partial charge in [-0.3, -0.25) is 10.1 Å². The van der Waals surface area contributed by atoms with Gasteiger partial charge < -0.3 is 10.3 Å². The Morgan fingerprint density at radius 1 is 1.83 bits per heavy atom. The van der Waals surface area contributed by atoms with E-state index in [0.717, 1.165) is 5.69 Å². The van der Waals surface area contributed by atoms with Crippen LogP contribution in [0, 0.1) is 6.92 Å². The van der Waals surface area contributed by atoms with Crippen molar-refractivity contribution in [3.05, 3.63) is 11.8 Å². The van der Waals surface area contributed by atoms with Crippen molar-refractivity contribution in [2.24, 2.45) is 5.73 Å². The molecule has 0 aliphatic carbocycles. The Morgan fingerprint density at radius 2 is 2.50 bits per heavy atom. The summed E-state index contributed by atoms with van der Waals surface area (Å²) in [6.07, 6.45) is 0. The number of rotatable bonds is 2. The molecule has 0 aliphatic heterocycles. The summed E-state index contributed by atoms with van der Waals surface area (Å²) in [5, 5.41) is 5.99. The van der Waals surface area contributed by atoms with Gasteiger partial charge in [-0.1, -0.05) is 5.16 Å². The first-order valence-electron chi connectivity index (χ1n) is 3.15. The number of aromatic nitrogens is 1. The normalized spacial score (nSPS) is 8.83. The highest BCUT2D eigenvalue weighted by molar-refractivity contribution is 5.90. The van der Waals surface area contributed by atoms with Crippen molar-refractivity contribution in [3.63, 3.8) is 0 Å². The number of amides is 1. The van der Waals surface area contributed by atoms with Crippen molar-refractivity contribution < 1.29 is 9.32 Å². The van der Waals surface area contributed by atoms with E-state index in [1.807, 2.05) is 0 Å². The lowest BCUT2D eigenvalue weighted by Gasteiger charge is -1.94. The first-order valence-corrected chi connectivity index (χ1v) is 3.15. The van der Waals surface area contributed by atoms with Crippen molar-refractivity contribution in [2.45, 2.75) is 6.92 Å². The molecule has 0 aromatic carbocycles. The maximum Gasteiger partial charge on any atom is 0.240 e. The number of aryl methyl sites for hydroxylation is 1. The largest absolute Gasteiger partial charge is 0.338 e. The fourth-order valence-corrected chi connectivity index (χ4v) is 0.611. The Hall–Kier alpha value is -1.07. The van der Waals surface area contributed by atoms with E-state index in [9.17, 15) is 4.79 Å². The van der Waals surface area contributed by atoms with Crippen LogP contribution < -0.4 is 11.1 Å². The van der Waals surface area contributed by atoms with E-state index in [1.165, 1.54) is 0 Å². The summed E-state index contributed by atoms with van der Waals surface area (Å²) in [6.45, 7) is 1.71. The predicted octanol–water partition coefficient (Wildman–Crippen LogP) is 0.302. The molecule has 5 nitrogen and oxygen atoms in total. The van der Waals surface area contributed by atoms with Crippen molar-refractivity contribution in [3.8, 4) is 0 Å². The Balaban J connectivity index is 0.00000121. The van der Waals surface area contributed by atoms with Gasteiger partial charge in [-0.15, -0.1) is 12.4 Å². The monoisotopic (exact) mass is 191 g/mol. The minimum Gasteiger partial charge on any atom is -0.338 e. The number of carbonyl (C=O) groups is 1. The minimum atomic E-state index is -0.291. The first-order chi connectivity index (χ1) is 5.22. The molecule has 3 N–H and O–H groups in total. The van der Waals surface area contributed by atoms with E-state index in [-0.39, 0.29) is 24.9 Å². The zero-order valence-corrected chi connectivity index (χ0v) is 7.35. The third-order valence-corrected chi connectivity index (χ3v) is 1.08. The van der Waals surface area contributed by atoms with Gasteiger partial charge in [-0.05, 0) is 6.92 Å². The minimum absolute atomic E-state index is 0. The summed E-state index contributed by atoms with van der Waals surface area (Å²) in [4.78, 5) is 10.7. The second-order valence-electron chi connectivity index (χ2n) is 2.08. The van der Waals surface area contributed by atoms with Crippen LogP contribution in [0.15, 0.2) is 10.6 Å². The molecule has 0 aliphatic rings. The second-order valence-corrected chi connectivity index (χ2v) is 2.08. The Labute approximate surface area is 75.7 Å². The molecule has 1 aromatic heterocycles. The highest BCUT2D eigenvalue weighted by atomic mass is 35.5. The van der Waals surface area contributed by atoms with Crippen molar-refractivity contribution in [2.75, 3.05) is 11.9 Å². The number of hydrogen-bond donors (Lipinski definition) is 2. The molecule has 0 radical (unpaired) electrons. The smallest absolute Gasteiger partial charge is 0.240 e. The van der Waals surface area contributed by atoms with Gasteiger partial charge in [0.25, 0.3) is 0 Å². The van der Waals surface area contributed by atoms with Crippen LogP contribution in [0.25, 0.3) is 0 Å². The van der Waals surface area contributed by atoms with E-state index in [1.54, 1.807) is 13.0 Å². The molecular weight excluding hydrogens is 182 g/mol. The third kappa shape index (κ3) is 2.89. The van der Waals surface area contributed by atoms with Crippen LogP contribution in [0.5, 0.6) is 0 Å². The molecule has 0 saturated heterocycles.